The van der Waals surface area contributed by atoms with Gasteiger partial charge in [0.1, 0.15) is 12.7 Å². The maximum absolute atomic E-state index is 12.9. The van der Waals surface area contributed by atoms with E-state index in [0.29, 0.717) is 0 Å². The lowest BCUT2D eigenvalue weighted by Gasteiger charge is -2.23. The number of carbonyl (C=O) groups excluding carboxylic acids is 1. The van der Waals surface area contributed by atoms with Crippen LogP contribution >= 0.6 is 0 Å². The van der Waals surface area contributed by atoms with Crippen molar-refractivity contribution in [2.45, 2.75) is 56.0 Å². The number of benzene rings is 1. The van der Waals surface area contributed by atoms with E-state index in [2.05, 4.69) is 21.2 Å². The molecule has 0 radical (unpaired) electrons. The Kier molecular flexibility index (Phi) is 4.41. The fraction of sp³-hybridized carbons (Fsp3) is 0.500. The number of methoxy groups -OCH3 is 1. The third kappa shape index (κ3) is 3.24. The molecule has 0 saturated heterocycles. The largest absolute Gasteiger partial charge is 0.474 e. The van der Waals surface area contributed by atoms with Crippen LogP contribution in [-0.2, 0) is 47.0 Å². The van der Waals surface area contributed by atoms with Crippen molar-refractivity contribution in [3.05, 3.63) is 34.5 Å². The molecular formula is C20H24N4O5S. The van der Waals surface area contributed by atoms with Gasteiger partial charge in [-0.2, -0.15) is 5.10 Å². The number of aromatic nitrogens is 2. The normalized spacial score (nSPS) is 22.5. The molecule has 0 fully saturated rings. The molecule has 0 saturated carbocycles. The van der Waals surface area contributed by atoms with Crippen LogP contribution in [0.4, 0.5) is 10.5 Å². The molecule has 2 heterocycles. The van der Waals surface area contributed by atoms with E-state index < -0.39 is 22.1 Å². The summed E-state index contributed by atoms with van der Waals surface area (Å²) in [6, 6.07) is 1.43. The summed E-state index contributed by atoms with van der Waals surface area (Å²) in [5.41, 5.74) is 5.49. The van der Waals surface area contributed by atoms with Crippen molar-refractivity contribution in [3.63, 3.8) is 0 Å². The summed E-state index contributed by atoms with van der Waals surface area (Å²) in [6.07, 6.45) is 5.56. The second-order valence-electron chi connectivity index (χ2n) is 7.80. The van der Waals surface area contributed by atoms with Gasteiger partial charge in [0, 0.05) is 12.8 Å². The van der Waals surface area contributed by atoms with Crippen LogP contribution in [0.1, 0.15) is 36.5 Å². The Hall–Kier alpha value is -2.59. The Bertz CT molecular complexity index is 1150. The lowest BCUT2D eigenvalue weighted by Crippen LogP contribution is -2.36. The highest BCUT2D eigenvalue weighted by Gasteiger charge is 2.32. The van der Waals surface area contributed by atoms with Crippen LogP contribution in [0.25, 0.3) is 0 Å². The van der Waals surface area contributed by atoms with Gasteiger partial charge in [0.05, 0.1) is 14.1 Å². The third-order valence-electron chi connectivity index (χ3n) is 5.97. The number of urea groups is 1. The molecule has 9 nitrogen and oxygen atoms in total. The molecule has 1 unspecified atom stereocenters. The molecule has 2 N–H and O–H groups in total. The van der Waals surface area contributed by atoms with Gasteiger partial charge in [0.25, 0.3) is 10.0 Å². The zero-order valence-electron chi connectivity index (χ0n) is 17.7. The molecule has 1 aromatic carbocycles. The second kappa shape index (κ2) is 7.28. The van der Waals surface area contributed by atoms with Gasteiger partial charge >= 0.3 is 6.03 Å². The van der Waals surface area contributed by atoms with E-state index in [4.69, 9.17) is 10.8 Å². The van der Waals surface area contributed by atoms with Crippen LogP contribution in [0, 0.1) is 0 Å². The maximum atomic E-state index is 12.9. The van der Waals surface area contributed by atoms with Gasteiger partial charge in [-0.25, -0.2) is 22.6 Å². The number of fused-ring (bicyclic) bond motifs is 3. The molecule has 1 atom stereocenters. The number of hydrogen-bond acceptors (Lipinski definition) is 6. The van der Waals surface area contributed by atoms with Crippen LogP contribution in [-0.4, -0.2) is 44.0 Å². The van der Waals surface area contributed by atoms with Crippen LogP contribution in [0.3, 0.4) is 0 Å². The number of rotatable bonds is 4. The number of amides is 2. The Morgan fingerprint density at radius 2 is 1.97 bits per heavy atom. The van der Waals surface area contributed by atoms with Crippen molar-refractivity contribution in [2.24, 2.45) is 0 Å². The average Bonchev–Trinajstić information content (AvgIpc) is 3.46. The highest BCUT2D eigenvalue weighted by molar-refractivity contribution is 7.90. The lowest BCUT2D eigenvalue weighted by molar-refractivity contribution is 0.0165. The molecule has 160 valence electrons. The lowest BCUT2D eigenvalue weighted by atomic mass is 9.99. The van der Waals surface area contributed by atoms with E-state index in [1.807, 2.05) is 0 Å². The van der Waals surface area contributed by atoms with Gasteiger partial charge in [0.2, 0.25) is 5.88 Å². The van der Waals surface area contributed by atoms with Crippen LogP contribution in [0.5, 0.6) is 5.88 Å². The summed E-state index contributed by atoms with van der Waals surface area (Å²) >= 11 is 0. The monoisotopic (exact) mass is 433 g/mol. The van der Waals surface area contributed by atoms with Gasteiger partial charge in [0.15, 0.2) is 4.90 Å². The smallest absolute Gasteiger partial charge is 0.333 e. The van der Waals surface area contributed by atoms with Crippen molar-refractivity contribution in [1.29, 1.82) is 0 Å². The zero-order chi connectivity index (χ0) is 21.8. The first kappa shape index (κ1) is 18.2. The highest BCUT2D eigenvalue weighted by atomic mass is 32.2. The van der Waals surface area contributed by atoms with Crippen molar-refractivity contribution < 1.29 is 24.1 Å². The summed E-state index contributed by atoms with van der Waals surface area (Å²) in [7, 11) is -2.84. The maximum Gasteiger partial charge on any atom is 0.333 e. The number of hydrogen-bond donors (Lipinski definition) is 2. The quantitative estimate of drug-likeness (QED) is 0.760. The van der Waals surface area contributed by atoms with E-state index in [1.54, 1.807) is 0 Å². The standard InChI is InChI=1S/C20H24N4O5S/c1-28-14-10-24-19(29-11-14)17(9-21-24)30(26,27)23-20(25)22-18-15-6-2-4-12(15)8-13-5-3-7-16(13)18/h8-9,14H,2-7,10-11H2,1H3,(H2,22,23,25)/i14D. The molecule has 30 heavy (non-hydrogen) atoms. The Morgan fingerprint density at radius 3 is 2.63 bits per heavy atom. The van der Waals surface area contributed by atoms with Crippen LogP contribution in [0.15, 0.2) is 17.2 Å². The van der Waals surface area contributed by atoms with Gasteiger partial charge in [-0.05, 0) is 60.8 Å². The predicted molar refractivity (Wildman–Crippen MR) is 108 cm³/mol. The highest BCUT2D eigenvalue weighted by Crippen LogP contribution is 2.38. The summed E-state index contributed by atoms with van der Waals surface area (Å²) in [5, 5.41) is 6.81. The molecule has 0 spiro atoms. The van der Waals surface area contributed by atoms with E-state index in [9.17, 15) is 13.2 Å². The minimum Gasteiger partial charge on any atom is -0.474 e. The Labute approximate surface area is 176 Å². The SMILES string of the molecule is [2H]C1(OC)COc2c(S(=O)(=O)NC(=O)Nc3c4c(cc5c3CCC5)CCC4)cnn2C1. The van der Waals surface area contributed by atoms with Gasteiger partial charge < -0.3 is 14.8 Å². The molecular weight excluding hydrogens is 408 g/mol. The molecule has 2 aromatic rings. The first-order valence-corrected chi connectivity index (χ1v) is 11.5. The van der Waals surface area contributed by atoms with E-state index >= 15 is 0 Å². The topological polar surface area (TPSA) is 112 Å². The van der Waals surface area contributed by atoms with Crippen LogP contribution < -0.4 is 14.8 Å². The fourth-order valence-corrected chi connectivity index (χ4v) is 5.55. The van der Waals surface area contributed by atoms with Crippen molar-refractivity contribution in [3.8, 4) is 5.88 Å². The molecule has 10 heteroatoms. The molecule has 2 aliphatic carbocycles. The molecule has 5 rings (SSSR count). The van der Waals surface area contributed by atoms with Gasteiger partial charge in [-0.1, -0.05) is 6.07 Å². The van der Waals surface area contributed by atoms with E-state index in [0.717, 1.165) is 61.5 Å². The molecule has 0 bridgehead atoms. The summed E-state index contributed by atoms with van der Waals surface area (Å²) in [6.45, 7) is -0.130. The number of ether oxygens (including phenoxy) is 2. The summed E-state index contributed by atoms with van der Waals surface area (Å²) in [4.78, 5) is 12.5. The van der Waals surface area contributed by atoms with Crippen molar-refractivity contribution in [1.82, 2.24) is 14.5 Å². The molecule has 2 amide bonds. The number of carbonyl (C=O) groups is 1. The minimum atomic E-state index is -4.22. The van der Waals surface area contributed by atoms with Crippen LogP contribution in [0.2, 0.25) is 0 Å². The Balaban J connectivity index is 1.38. The summed E-state index contributed by atoms with van der Waals surface area (Å²) < 4.78 is 47.7. The van der Waals surface area contributed by atoms with Crippen molar-refractivity contribution >= 4 is 21.7 Å². The first-order valence-electron chi connectivity index (χ1n) is 10.5. The van der Waals surface area contributed by atoms with Gasteiger partial charge in [-0.3, -0.25) is 0 Å². The number of sulfonamides is 1. The molecule has 1 aromatic heterocycles. The fourth-order valence-electron chi connectivity index (χ4n) is 4.57. The van der Waals surface area contributed by atoms with Gasteiger partial charge in [-0.15, -0.1) is 0 Å². The minimum absolute atomic E-state index is 0.0123. The average molecular weight is 434 g/mol. The Morgan fingerprint density at radius 1 is 1.27 bits per heavy atom. The number of nitrogens with zero attached hydrogens (tertiary/aromatic N) is 2. The zero-order valence-corrected chi connectivity index (χ0v) is 17.5. The summed E-state index contributed by atoms with van der Waals surface area (Å²) in [5.74, 6) is -0.0123. The molecule has 3 aliphatic rings. The second-order valence-corrected chi connectivity index (χ2v) is 9.45. The predicted octanol–water partition coefficient (Wildman–Crippen LogP) is 1.78. The number of aryl methyl sites for hydroxylation is 2. The number of nitrogens with one attached hydrogen (secondary N) is 2. The van der Waals surface area contributed by atoms with E-state index in [-0.39, 0.29) is 23.9 Å². The first-order chi connectivity index (χ1) is 14.8. The molecule has 1 aliphatic heterocycles. The number of anilines is 1. The third-order valence-corrected chi connectivity index (χ3v) is 7.29. The van der Waals surface area contributed by atoms with Crippen molar-refractivity contribution in [2.75, 3.05) is 19.0 Å². The van der Waals surface area contributed by atoms with E-state index in [1.165, 1.54) is 22.9 Å².